The lowest BCUT2D eigenvalue weighted by Crippen LogP contribution is -2.10. The molecule has 1 aromatic heterocycles. The van der Waals surface area contributed by atoms with Crippen LogP contribution in [0.1, 0.15) is 38.1 Å². The van der Waals surface area contributed by atoms with Crippen molar-refractivity contribution in [3.05, 3.63) is 29.1 Å². The Balaban J connectivity index is 2.24. The van der Waals surface area contributed by atoms with Crippen LogP contribution in [0.5, 0.6) is 5.75 Å². The van der Waals surface area contributed by atoms with Gasteiger partial charge in [0.2, 0.25) is 11.7 Å². The number of nitrogens with zero attached hydrogens (tertiary/aromatic N) is 2. The second kappa shape index (κ2) is 6.72. The van der Waals surface area contributed by atoms with E-state index in [0.29, 0.717) is 22.5 Å². The van der Waals surface area contributed by atoms with Crippen LogP contribution in [0.4, 0.5) is 0 Å². The molecule has 1 unspecified atom stereocenters. The fourth-order valence-corrected chi connectivity index (χ4v) is 2.05. The Morgan fingerprint density at radius 3 is 2.95 bits per heavy atom. The molecule has 2 aromatic rings. The number of nitrogens with two attached hydrogens (primary N) is 1. The number of hydrogen-bond donors (Lipinski definition) is 1. The first-order chi connectivity index (χ1) is 9.65. The molecule has 1 aromatic carbocycles. The van der Waals surface area contributed by atoms with Crippen LogP contribution < -0.4 is 10.5 Å². The minimum Gasteiger partial charge on any atom is -0.496 e. The Morgan fingerprint density at radius 1 is 1.45 bits per heavy atom. The average Bonchev–Trinajstić information content (AvgIpc) is 2.94. The predicted molar refractivity (Wildman–Crippen MR) is 77.7 cm³/mol. The molecule has 0 bridgehead atoms. The topological polar surface area (TPSA) is 74.2 Å². The Labute approximate surface area is 123 Å². The molecule has 5 nitrogen and oxygen atoms in total. The normalized spacial score (nSPS) is 12.4. The molecule has 1 atom stereocenters. The molecule has 6 heteroatoms. The standard InChI is InChI=1S/C14H18ClN3O2/c1-3-4-5-11(16)14-17-13(18-20-14)10-7-6-9(15)8-12(10)19-2/h6-8,11H,3-5,16H2,1-2H3. The molecule has 0 aliphatic rings. The van der Waals surface area contributed by atoms with E-state index in [1.54, 1.807) is 25.3 Å². The molecule has 0 amide bonds. The molecule has 0 saturated heterocycles. The third kappa shape index (κ3) is 3.29. The van der Waals surface area contributed by atoms with Crippen molar-refractivity contribution < 1.29 is 9.26 Å². The first kappa shape index (κ1) is 14.8. The van der Waals surface area contributed by atoms with Gasteiger partial charge in [-0.15, -0.1) is 0 Å². The Morgan fingerprint density at radius 2 is 2.25 bits per heavy atom. The first-order valence-corrected chi connectivity index (χ1v) is 6.96. The van der Waals surface area contributed by atoms with Gasteiger partial charge in [0.25, 0.3) is 0 Å². The smallest absolute Gasteiger partial charge is 0.243 e. The molecule has 0 saturated carbocycles. The summed E-state index contributed by atoms with van der Waals surface area (Å²) >= 11 is 5.93. The summed E-state index contributed by atoms with van der Waals surface area (Å²) < 4.78 is 10.5. The van der Waals surface area contributed by atoms with Crippen molar-refractivity contribution in [3.63, 3.8) is 0 Å². The monoisotopic (exact) mass is 295 g/mol. The SMILES string of the molecule is CCCCC(N)c1nc(-c2ccc(Cl)cc2OC)no1. The molecule has 2 rings (SSSR count). The van der Waals surface area contributed by atoms with Gasteiger partial charge in [0.1, 0.15) is 5.75 Å². The van der Waals surface area contributed by atoms with Gasteiger partial charge in [0.15, 0.2) is 0 Å². The Kier molecular flexibility index (Phi) is 4.98. The van der Waals surface area contributed by atoms with Gasteiger partial charge in [-0.25, -0.2) is 0 Å². The molecule has 0 aliphatic heterocycles. The van der Waals surface area contributed by atoms with E-state index < -0.39 is 0 Å². The van der Waals surface area contributed by atoms with Crippen LogP contribution in [0.15, 0.2) is 22.7 Å². The van der Waals surface area contributed by atoms with Gasteiger partial charge < -0.3 is 15.0 Å². The molecule has 0 aliphatic carbocycles. The van der Waals surface area contributed by atoms with Crippen molar-refractivity contribution in [3.8, 4) is 17.1 Å². The summed E-state index contributed by atoms with van der Waals surface area (Å²) in [5.41, 5.74) is 6.75. The lowest BCUT2D eigenvalue weighted by atomic mass is 10.1. The summed E-state index contributed by atoms with van der Waals surface area (Å²) in [6.45, 7) is 2.12. The van der Waals surface area contributed by atoms with Crippen molar-refractivity contribution in [2.75, 3.05) is 7.11 Å². The van der Waals surface area contributed by atoms with Gasteiger partial charge in [0.05, 0.1) is 18.7 Å². The summed E-state index contributed by atoms with van der Waals surface area (Å²) in [4.78, 5) is 4.35. The number of benzene rings is 1. The lowest BCUT2D eigenvalue weighted by Gasteiger charge is -2.05. The molecule has 2 N–H and O–H groups in total. The highest BCUT2D eigenvalue weighted by molar-refractivity contribution is 6.30. The summed E-state index contributed by atoms with van der Waals surface area (Å²) in [5, 5.41) is 4.56. The van der Waals surface area contributed by atoms with Crippen LogP contribution in [0.25, 0.3) is 11.4 Å². The van der Waals surface area contributed by atoms with E-state index >= 15 is 0 Å². The van der Waals surface area contributed by atoms with Gasteiger partial charge in [-0.2, -0.15) is 4.98 Å². The molecule has 0 fully saturated rings. The molecule has 108 valence electrons. The number of methoxy groups -OCH3 is 1. The van der Waals surface area contributed by atoms with Gasteiger partial charge in [0, 0.05) is 5.02 Å². The van der Waals surface area contributed by atoms with Gasteiger partial charge in [-0.05, 0) is 24.6 Å². The highest BCUT2D eigenvalue weighted by atomic mass is 35.5. The second-order valence-electron chi connectivity index (χ2n) is 4.55. The van der Waals surface area contributed by atoms with E-state index in [0.717, 1.165) is 24.8 Å². The van der Waals surface area contributed by atoms with E-state index in [2.05, 4.69) is 17.1 Å². The average molecular weight is 296 g/mol. The zero-order valence-electron chi connectivity index (χ0n) is 11.6. The molecule has 1 heterocycles. The van der Waals surface area contributed by atoms with Crippen molar-refractivity contribution in [2.24, 2.45) is 5.73 Å². The van der Waals surface area contributed by atoms with Crippen LogP contribution >= 0.6 is 11.6 Å². The van der Waals surface area contributed by atoms with Crippen LogP contribution in [0.3, 0.4) is 0 Å². The zero-order valence-corrected chi connectivity index (χ0v) is 12.4. The van der Waals surface area contributed by atoms with E-state index in [9.17, 15) is 0 Å². The maximum absolute atomic E-state index is 6.02. The Hall–Kier alpha value is -1.59. The van der Waals surface area contributed by atoms with E-state index in [-0.39, 0.29) is 6.04 Å². The number of aromatic nitrogens is 2. The number of ether oxygens (including phenoxy) is 1. The highest BCUT2D eigenvalue weighted by Gasteiger charge is 2.17. The third-order valence-electron chi connectivity index (χ3n) is 3.03. The zero-order chi connectivity index (χ0) is 14.5. The summed E-state index contributed by atoms with van der Waals surface area (Å²) in [6.07, 6.45) is 2.94. The molecule has 20 heavy (non-hydrogen) atoms. The highest BCUT2D eigenvalue weighted by Crippen LogP contribution is 2.31. The van der Waals surface area contributed by atoms with Gasteiger partial charge >= 0.3 is 0 Å². The predicted octanol–water partition coefficient (Wildman–Crippen LogP) is 3.59. The van der Waals surface area contributed by atoms with Crippen LogP contribution in [-0.2, 0) is 0 Å². The molecular weight excluding hydrogens is 278 g/mol. The molecule has 0 radical (unpaired) electrons. The minimum atomic E-state index is -0.227. The minimum absolute atomic E-state index is 0.227. The fraction of sp³-hybridized carbons (Fsp3) is 0.429. The fourth-order valence-electron chi connectivity index (χ4n) is 1.89. The van der Waals surface area contributed by atoms with Crippen LogP contribution in [0.2, 0.25) is 5.02 Å². The van der Waals surface area contributed by atoms with Crippen molar-refractivity contribution in [1.29, 1.82) is 0 Å². The maximum atomic E-state index is 6.02. The summed E-state index contributed by atoms with van der Waals surface area (Å²) in [7, 11) is 1.57. The van der Waals surface area contributed by atoms with Crippen molar-refractivity contribution in [2.45, 2.75) is 32.2 Å². The van der Waals surface area contributed by atoms with Crippen molar-refractivity contribution >= 4 is 11.6 Å². The van der Waals surface area contributed by atoms with Gasteiger partial charge in [-0.3, -0.25) is 0 Å². The largest absolute Gasteiger partial charge is 0.496 e. The maximum Gasteiger partial charge on any atom is 0.243 e. The van der Waals surface area contributed by atoms with Crippen LogP contribution in [0, 0.1) is 0 Å². The summed E-state index contributed by atoms with van der Waals surface area (Å²) in [5.74, 6) is 1.51. The van der Waals surface area contributed by atoms with E-state index in [1.165, 1.54) is 0 Å². The summed E-state index contributed by atoms with van der Waals surface area (Å²) in [6, 6.07) is 5.04. The lowest BCUT2D eigenvalue weighted by molar-refractivity contribution is 0.346. The molecular formula is C14H18ClN3O2. The van der Waals surface area contributed by atoms with Crippen LogP contribution in [-0.4, -0.2) is 17.3 Å². The first-order valence-electron chi connectivity index (χ1n) is 6.58. The van der Waals surface area contributed by atoms with Gasteiger partial charge in [-0.1, -0.05) is 36.5 Å². The second-order valence-corrected chi connectivity index (χ2v) is 4.99. The van der Waals surface area contributed by atoms with E-state index in [1.807, 2.05) is 0 Å². The van der Waals surface area contributed by atoms with E-state index in [4.69, 9.17) is 26.6 Å². The number of hydrogen-bond acceptors (Lipinski definition) is 5. The Bertz CT molecular complexity index is 571. The third-order valence-corrected chi connectivity index (χ3v) is 3.27. The van der Waals surface area contributed by atoms with Crippen molar-refractivity contribution in [1.82, 2.24) is 10.1 Å². The molecule has 0 spiro atoms. The number of halogens is 1. The number of rotatable bonds is 6. The number of unbranched alkanes of at least 4 members (excludes halogenated alkanes) is 1. The quantitative estimate of drug-likeness (QED) is 0.881.